The first-order chi connectivity index (χ1) is 13.6. The predicted molar refractivity (Wildman–Crippen MR) is 108 cm³/mol. The van der Waals surface area contributed by atoms with Gasteiger partial charge in [0.25, 0.3) is 5.91 Å². The molecule has 0 fully saturated rings. The lowest BCUT2D eigenvalue weighted by Crippen LogP contribution is -2.14. The van der Waals surface area contributed by atoms with Gasteiger partial charge in [0.2, 0.25) is 5.95 Å². The molecule has 0 spiro atoms. The van der Waals surface area contributed by atoms with Crippen molar-refractivity contribution in [3.8, 4) is 11.3 Å². The second-order valence-corrected chi connectivity index (χ2v) is 6.83. The molecule has 0 unspecified atom stereocenters. The quantitative estimate of drug-likeness (QED) is 0.511. The van der Waals surface area contributed by atoms with Crippen LogP contribution >= 0.6 is 23.2 Å². The number of aromatic amines is 1. The van der Waals surface area contributed by atoms with Crippen molar-refractivity contribution in [1.82, 2.24) is 25.0 Å². The molecule has 0 saturated heterocycles. The Labute approximate surface area is 170 Å². The van der Waals surface area contributed by atoms with E-state index in [1.54, 1.807) is 22.9 Å². The summed E-state index contributed by atoms with van der Waals surface area (Å²) >= 11 is 12.0. The van der Waals surface area contributed by atoms with Gasteiger partial charge >= 0.3 is 0 Å². The minimum atomic E-state index is -0.386. The molecular weight excluding hydrogens is 399 g/mol. The van der Waals surface area contributed by atoms with E-state index in [0.717, 1.165) is 11.1 Å². The topological polar surface area (TPSA) is 88.5 Å². The fourth-order valence-corrected chi connectivity index (χ4v) is 2.93. The zero-order chi connectivity index (χ0) is 19.5. The zero-order valence-electron chi connectivity index (χ0n) is 14.4. The Morgan fingerprint density at radius 3 is 2.68 bits per heavy atom. The van der Waals surface area contributed by atoms with Crippen LogP contribution in [-0.2, 0) is 6.54 Å². The van der Waals surface area contributed by atoms with Crippen molar-refractivity contribution < 1.29 is 4.79 Å². The van der Waals surface area contributed by atoms with E-state index in [1.807, 2.05) is 36.4 Å². The summed E-state index contributed by atoms with van der Waals surface area (Å²) in [5.41, 5.74) is 2.70. The molecule has 1 amide bonds. The third-order valence-electron chi connectivity index (χ3n) is 4.01. The van der Waals surface area contributed by atoms with E-state index >= 15 is 0 Å². The molecule has 0 saturated carbocycles. The summed E-state index contributed by atoms with van der Waals surface area (Å²) in [4.78, 5) is 16.5. The van der Waals surface area contributed by atoms with E-state index in [4.69, 9.17) is 23.2 Å². The number of nitrogens with one attached hydrogen (secondary N) is 2. The maximum absolute atomic E-state index is 12.4. The number of H-pyrrole nitrogens is 1. The van der Waals surface area contributed by atoms with Gasteiger partial charge in [0.15, 0.2) is 0 Å². The summed E-state index contributed by atoms with van der Waals surface area (Å²) in [6.45, 7) is 0.452. The third kappa shape index (κ3) is 4.05. The molecule has 4 aromatic rings. The normalized spacial score (nSPS) is 10.8. The molecule has 7 nitrogen and oxygen atoms in total. The van der Waals surface area contributed by atoms with Gasteiger partial charge in [0, 0.05) is 15.6 Å². The fourth-order valence-electron chi connectivity index (χ4n) is 2.60. The third-order valence-corrected chi connectivity index (χ3v) is 4.64. The van der Waals surface area contributed by atoms with Crippen LogP contribution in [0.5, 0.6) is 0 Å². The van der Waals surface area contributed by atoms with E-state index in [0.29, 0.717) is 28.0 Å². The molecule has 9 heteroatoms. The Morgan fingerprint density at radius 1 is 1.11 bits per heavy atom. The first kappa shape index (κ1) is 18.2. The van der Waals surface area contributed by atoms with Gasteiger partial charge in [-0.15, -0.1) is 5.10 Å². The van der Waals surface area contributed by atoms with Crippen LogP contribution in [0.25, 0.3) is 11.3 Å². The minimum absolute atomic E-state index is 0.194. The average Bonchev–Trinajstić information content (AvgIpc) is 3.34. The van der Waals surface area contributed by atoms with Crippen molar-refractivity contribution in [2.45, 2.75) is 6.54 Å². The molecule has 2 heterocycles. The number of anilines is 1. The summed E-state index contributed by atoms with van der Waals surface area (Å²) < 4.78 is 1.60. The number of rotatable bonds is 5. The first-order valence-electron chi connectivity index (χ1n) is 8.34. The molecule has 2 aromatic heterocycles. The number of benzene rings is 2. The Bertz CT molecular complexity index is 1120. The maximum Gasteiger partial charge on any atom is 0.276 e. The van der Waals surface area contributed by atoms with E-state index in [-0.39, 0.29) is 11.9 Å². The number of halogens is 2. The number of nitrogens with zero attached hydrogens (tertiary/aromatic N) is 4. The van der Waals surface area contributed by atoms with Crippen molar-refractivity contribution >= 4 is 35.1 Å². The zero-order valence-corrected chi connectivity index (χ0v) is 15.9. The Kier molecular flexibility index (Phi) is 5.10. The summed E-state index contributed by atoms with van der Waals surface area (Å²) in [6.07, 6.45) is 1.53. The van der Waals surface area contributed by atoms with Gasteiger partial charge in [-0.1, -0.05) is 53.5 Å². The van der Waals surface area contributed by atoms with Crippen LogP contribution in [0.1, 0.15) is 16.1 Å². The monoisotopic (exact) mass is 412 g/mol. The van der Waals surface area contributed by atoms with E-state index in [1.165, 1.54) is 6.33 Å². The Hall–Kier alpha value is -3.16. The molecule has 2 N–H and O–H groups in total. The van der Waals surface area contributed by atoms with Crippen molar-refractivity contribution in [3.05, 3.63) is 82.2 Å². The first-order valence-corrected chi connectivity index (χ1v) is 9.09. The molecule has 0 aliphatic heterocycles. The lowest BCUT2D eigenvalue weighted by molar-refractivity contribution is 0.102. The van der Waals surface area contributed by atoms with Crippen molar-refractivity contribution in [2.24, 2.45) is 0 Å². The van der Waals surface area contributed by atoms with Gasteiger partial charge in [-0.05, 0) is 29.8 Å². The number of carbonyl (C=O) groups is 1. The van der Waals surface area contributed by atoms with Crippen LogP contribution in [0, 0.1) is 0 Å². The summed E-state index contributed by atoms with van der Waals surface area (Å²) in [5, 5.41) is 15.1. The van der Waals surface area contributed by atoms with Crippen molar-refractivity contribution in [3.63, 3.8) is 0 Å². The molecule has 28 heavy (non-hydrogen) atoms. The minimum Gasteiger partial charge on any atom is -0.288 e. The summed E-state index contributed by atoms with van der Waals surface area (Å²) in [7, 11) is 0. The van der Waals surface area contributed by atoms with Crippen LogP contribution in [0.2, 0.25) is 10.0 Å². The van der Waals surface area contributed by atoms with Gasteiger partial charge in [-0.3, -0.25) is 15.2 Å². The molecule has 0 aliphatic rings. The van der Waals surface area contributed by atoms with Crippen molar-refractivity contribution in [2.75, 3.05) is 5.32 Å². The number of carbonyl (C=O) groups excluding carboxylic acids is 1. The largest absolute Gasteiger partial charge is 0.288 e. The molecule has 0 atom stereocenters. The molecule has 2 aromatic carbocycles. The van der Waals surface area contributed by atoms with Crippen LogP contribution in [0.4, 0.5) is 5.95 Å². The van der Waals surface area contributed by atoms with Crippen LogP contribution in [0.3, 0.4) is 0 Å². The number of hydrogen-bond acceptors (Lipinski definition) is 4. The summed E-state index contributed by atoms with van der Waals surface area (Å²) in [5.74, 6) is -0.192. The highest BCUT2D eigenvalue weighted by Gasteiger charge is 2.13. The highest BCUT2D eigenvalue weighted by Crippen LogP contribution is 2.20. The van der Waals surface area contributed by atoms with Crippen LogP contribution in [0.15, 0.2) is 60.9 Å². The molecular formula is C19H14Cl2N6O. The van der Waals surface area contributed by atoms with Crippen LogP contribution < -0.4 is 5.32 Å². The van der Waals surface area contributed by atoms with E-state index < -0.39 is 0 Å². The molecule has 0 radical (unpaired) electrons. The number of hydrogen-bond donors (Lipinski definition) is 2. The second-order valence-electron chi connectivity index (χ2n) is 5.99. The lowest BCUT2D eigenvalue weighted by Gasteiger charge is -2.03. The van der Waals surface area contributed by atoms with E-state index in [9.17, 15) is 4.79 Å². The summed E-state index contributed by atoms with van der Waals surface area (Å²) in [6, 6.07) is 16.3. The smallest absolute Gasteiger partial charge is 0.276 e. The molecule has 0 bridgehead atoms. The fraction of sp³-hybridized carbons (Fsp3) is 0.0526. The number of amides is 1. The van der Waals surface area contributed by atoms with Gasteiger partial charge in [-0.2, -0.15) is 5.10 Å². The molecule has 4 rings (SSSR count). The highest BCUT2D eigenvalue weighted by atomic mass is 35.5. The Morgan fingerprint density at radius 2 is 1.89 bits per heavy atom. The standard InChI is InChI=1S/C19H14Cl2N6O/c20-14-7-5-12(6-8-14)16-9-17(25-24-16)18(28)23-19-22-11-27(26-19)10-13-3-1-2-4-15(13)21/h1-9,11H,10H2,(H,24,25)(H,23,26,28). The maximum atomic E-state index is 12.4. The van der Waals surface area contributed by atoms with Crippen molar-refractivity contribution in [1.29, 1.82) is 0 Å². The van der Waals surface area contributed by atoms with Crippen LogP contribution in [-0.4, -0.2) is 30.9 Å². The molecule has 140 valence electrons. The van der Waals surface area contributed by atoms with Gasteiger partial charge in [0.05, 0.1) is 12.2 Å². The highest BCUT2D eigenvalue weighted by molar-refractivity contribution is 6.31. The van der Waals surface area contributed by atoms with Gasteiger partial charge in [-0.25, -0.2) is 9.67 Å². The van der Waals surface area contributed by atoms with E-state index in [2.05, 4.69) is 25.6 Å². The second kappa shape index (κ2) is 7.84. The predicted octanol–water partition coefficient (Wildman–Crippen LogP) is 4.28. The van der Waals surface area contributed by atoms with Gasteiger partial charge in [0.1, 0.15) is 12.0 Å². The average molecular weight is 413 g/mol. The SMILES string of the molecule is O=C(Nc1ncn(Cc2ccccc2Cl)n1)c1cc(-c2ccc(Cl)cc2)n[nH]1. The lowest BCUT2D eigenvalue weighted by atomic mass is 10.1. The number of aromatic nitrogens is 5. The van der Waals surface area contributed by atoms with Gasteiger partial charge < -0.3 is 0 Å². The Balaban J connectivity index is 1.44. The molecule has 0 aliphatic carbocycles.